The number of ether oxygens (including phenoxy) is 1. The van der Waals surface area contributed by atoms with Gasteiger partial charge < -0.3 is 30.1 Å². The van der Waals surface area contributed by atoms with Gasteiger partial charge in [-0.25, -0.2) is 0 Å². The summed E-state index contributed by atoms with van der Waals surface area (Å²) in [6, 6.07) is 2.03. The van der Waals surface area contributed by atoms with Crippen LogP contribution in [0.25, 0.3) is 23.5 Å². The maximum Gasteiger partial charge on any atom is 4.00 e. The molecule has 2 aliphatic rings. The fourth-order valence-electron chi connectivity index (χ4n) is 5.31. The molecule has 2 aliphatic heterocycles. The number of allylic oxidation sites excluding steroid dienone is 1. The number of aliphatic carboxylic acids is 1. The van der Waals surface area contributed by atoms with Gasteiger partial charge in [0.05, 0.1) is 6.23 Å². The van der Waals surface area contributed by atoms with E-state index in [0.29, 0.717) is 12.3 Å². The van der Waals surface area contributed by atoms with Crippen LogP contribution < -0.4 is 30.4 Å². The molecule has 0 aliphatic carbocycles. The van der Waals surface area contributed by atoms with Gasteiger partial charge in [0.1, 0.15) is 0 Å². The summed E-state index contributed by atoms with van der Waals surface area (Å²) in [4.78, 5) is 26.1. The van der Waals surface area contributed by atoms with Crippen LogP contribution in [0.1, 0.15) is 78.5 Å². The minimum atomic E-state index is -0.830. The number of hydrogen-bond acceptors (Lipinski definition) is 2. The van der Waals surface area contributed by atoms with Crippen LogP contribution in [-0.2, 0) is 34.7 Å². The molecule has 8 bridgehead atoms. The van der Waals surface area contributed by atoms with Gasteiger partial charge in [0, 0.05) is 12.3 Å². The molecule has 0 saturated heterocycles. The number of rotatable bonds is 5. The molecule has 3 aromatic rings. The zero-order valence-corrected chi connectivity index (χ0v) is 23.7. The second-order valence-electron chi connectivity index (χ2n) is 9.81. The Morgan fingerprint density at radius 1 is 0.921 bits per heavy atom. The van der Waals surface area contributed by atoms with E-state index in [0.717, 1.165) is 85.3 Å². The summed E-state index contributed by atoms with van der Waals surface area (Å²) in [5.41, 5.74) is 10.7. The van der Waals surface area contributed by atoms with Crippen LogP contribution in [0.15, 0.2) is 22.9 Å². The number of aryl methyl sites for hydroxylation is 1. The number of nitrogens with zero attached hydrogens (tertiary/aromatic N) is 4. The van der Waals surface area contributed by atoms with Gasteiger partial charge >= 0.3 is 23.0 Å². The van der Waals surface area contributed by atoms with Crippen molar-refractivity contribution in [2.45, 2.75) is 73.5 Å². The van der Waals surface area contributed by atoms with E-state index in [1.807, 2.05) is 45.1 Å². The average Bonchev–Trinajstić information content (AvgIpc) is 3.52. The predicted octanol–water partition coefficient (Wildman–Crippen LogP) is 3.89. The van der Waals surface area contributed by atoms with Gasteiger partial charge in [0.15, 0.2) is 0 Å². The Bertz CT molecular complexity index is 1580. The third-order valence-electron chi connectivity index (χ3n) is 7.51. The van der Waals surface area contributed by atoms with Gasteiger partial charge in [0.25, 0.3) is 0 Å². The van der Waals surface area contributed by atoms with E-state index >= 15 is 0 Å². The smallest absolute Gasteiger partial charge is 0.658 e. The van der Waals surface area contributed by atoms with Gasteiger partial charge in [-0.15, -0.1) is 33.5 Å². The molecule has 0 aromatic carbocycles. The van der Waals surface area contributed by atoms with Crippen LogP contribution in [0.5, 0.6) is 5.88 Å². The summed E-state index contributed by atoms with van der Waals surface area (Å²) in [7, 11) is 0. The van der Waals surface area contributed by atoms with Gasteiger partial charge in [0.2, 0.25) is 0 Å². The number of aromatic nitrogens is 3. The Kier molecular flexibility index (Phi) is 7.86. The molecule has 0 amide bonds. The first-order valence-corrected chi connectivity index (χ1v) is 12.9. The van der Waals surface area contributed by atoms with E-state index in [4.69, 9.17) is 25.0 Å². The first-order chi connectivity index (χ1) is 17.7. The van der Waals surface area contributed by atoms with Crippen molar-refractivity contribution in [2.24, 2.45) is 0 Å². The first kappa shape index (κ1) is 27.7. The van der Waals surface area contributed by atoms with Crippen molar-refractivity contribution < 1.29 is 31.7 Å². The second kappa shape index (κ2) is 10.8. The largest absolute Gasteiger partial charge is 4.00 e. The SMILES string of the molecule is CCC1=C(C)/C2=C/c3[n-]c(cc3C)/C=c3\[n-]/c(c(C)c3CCC(=O)O)=C\c3[n-]c(c(C)c3CC)OC1[N-]2.[Fe+4]. The molecule has 38 heavy (non-hydrogen) atoms. The molecule has 8 heteroatoms. The number of carbonyl (C=O) groups is 1. The van der Waals surface area contributed by atoms with E-state index < -0.39 is 12.2 Å². The Morgan fingerprint density at radius 2 is 1.68 bits per heavy atom. The van der Waals surface area contributed by atoms with Gasteiger partial charge in [-0.3, -0.25) is 4.79 Å². The predicted molar refractivity (Wildman–Crippen MR) is 144 cm³/mol. The Labute approximate surface area is 233 Å². The monoisotopic (exact) mass is 552 g/mol. The Morgan fingerprint density at radius 3 is 2.37 bits per heavy atom. The molecular weight excluding hydrogens is 520 g/mol. The molecule has 1 N–H and O–H groups in total. The van der Waals surface area contributed by atoms with Crippen LogP contribution in [-0.4, -0.2) is 17.3 Å². The van der Waals surface area contributed by atoms with E-state index in [-0.39, 0.29) is 23.5 Å². The summed E-state index contributed by atoms with van der Waals surface area (Å²) in [5.74, 6) is -0.236. The number of hydrogen-bond donors (Lipinski definition) is 1. The van der Waals surface area contributed by atoms with Crippen molar-refractivity contribution in [3.05, 3.63) is 83.8 Å². The Hall–Kier alpha value is -3.35. The number of carboxylic acids is 1. The molecule has 0 fully saturated rings. The molecule has 5 heterocycles. The maximum absolute atomic E-state index is 11.4. The summed E-state index contributed by atoms with van der Waals surface area (Å²) >= 11 is 0. The molecule has 0 spiro atoms. The van der Waals surface area contributed by atoms with Crippen molar-refractivity contribution in [1.82, 2.24) is 15.0 Å². The van der Waals surface area contributed by atoms with Crippen molar-refractivity contribution in [2.75, 3.05) is 0 Å². The molecule has 7 nitrogen and oxygen atoms in total. The van der Waals surface area contributed by atoms with E-state index in [2.05, 4.69) is 20.8 Å². The van der Waals surface area contributed by atoms with Crippen molar-refractivity contribution >= 4 is 24.2 Å². The minimum absolute atomic E-state index is 0. The zero-order valence-electron chi connectivity index (χ0n) is 22.6. The third-order valence-corrected chi connectivity index (χ3v) is 7.51. The van der Waals surface area contributed by atoms with E-state index in [1.165, 1.54) is 0 Å². The van der Waals surface area contributed by atoms with Crippen LogP contribution in [0.2, 0.25) is 0 Å². The zero-order chi connectivity index (χ0) is 26.4. The average molecular weight is 552 g/mol. The third kappa shape index (κ3) is 4.91. The molecule has 3 aromatic heterocycles. The van der Waals surface area contributed by atoms with Gasteiger partial charge in [-0.1, -0.05) is 66.0 Å². The summed E-state index contributed by atoms with van der Waals surface area (Å²) in [6.07, 6.45) is 7.64. The van der Waals surface area contributed by atoms with Crippen molar-refractivity contribution in [3.8, 4) is 5.88 Å². The second-order valence-corrected chi connectivity index (χ2v) is 9.81. The summed E-state index contributed by atoms with van der Waals surface area (Å²) in [6.45, 7) is 12.4. The Balaban J connectivity index is 0.00000336. The molecule has 1 atom stereocenters. The minimum Gasteiger partial charge on any atom is -0.658 e. The molecule has 1 unspecified atom stereocenters. The molecule has 5 rings (SSSR count). The van der Waals surface area contributed by atoms with Crippen molar-refractivity contribution in [3.63, 3.8) is 0 Å². The molecular formula is C30H32FeN4O3. The number of fused-ring (bicyclic) bond motifs is 8. The standard InChI is InChI=1S/C30H32N4O3.Fe/c1-7-20-18(6)29-34-27(20)14-24-17(5)22(9-10-28(35)36)26(32-24)12-19-11-15(3)23(31-19)13-25-16(4)21(8-2)30(33-25)37-29;/h11-14,30H,7-10H2,1-6H3,(H,35,36);/q-4;+4/b24-14-,25-13-,26-12-;. The van der Waals surface area contributed by atoms with E-state index in [1.54, 1.807) is 0 Å². The topological polar surface area (TPSA) is 103 Å². The maximum atomic E-state index is 11.4. The molecule has 0 radical (unpaired) electrons. The fraction of sp³-hybridized carbons (Fsp3) is 0.367. The van der Waals surface area contributed by atoms with Crippen LogP contribution >= 0.6 is 0 Å². The fourth-order valence-corrected chi connectivity index (χ4v) is 5.31. The van der Waals surface area contributed by atoms with Crippen LogP contribution in [0.3, 0.4) is 0 Å². The summed E-state index contributed by atoms with van der Waals surface area (Å²) < 4.78 is 6.45. The van der Waals surface area contributed by atoms with Gasteiger partial charge in [-0.2, -0.15) is 0 Å². The first-order valence-electron chi connectivity index (χ1n) is 12.9. The van der Waals surface area contributed by atoms with Gasteiger partial charge in [-0.05, 0) is 58.1 Å². The summed E-state index contributed by atoms with van der Waals surface area (Å²) in [5, 5.41) is 15.8. The van der Waals surface area contributed by atoms with Crippen LogP contribution in [0.4, 0.5) is 0 Å². The number of carboxylic acid groups (broad SMARTS) is 1. The van der Waals surface area contributed by atoms with Crippen molar-refractivity contribution in [1.29, 1.82) is 0 Å². The normalized spacial score (nSPS) is 19.3. The quantitative estimate of drug-likeness (QED) is 0.482. The van der Waals surface area contributed by atoms with E-state index in [9.17, 15) is 9.90 Å². The molecule has 0 saturated carbocycles. The van der Waals surface area contributed by atoms with Crippen LogP contribution in [0, 0.1) is 20.8 Å². The molecule has 198 valence electrons.